The summed E-state index contributed by atoms with van der Waals surface area (Å²) < 4.78 is 5.07. The van der Waals surface area contributed by atoms with Crippen LogP contribution in [0.3, 0.4) is 0 Å². The third kappa shape index (κ3) is 2.69. The van der Waals surface area contributed by atoms with Gasteiger partial charge in [0.25, 0.3) is 0 Å². The Bertz CT molecular complexity index is 304. The quantitative estimate of drug-likeness (QED) is 0.554. The van der Waals surface area contributed by atoms with E-state index in [9.17, 15) is 9.59 Å². The fourth-order valence-electron chi connectivity index (χ4n) is 1.30. The van der Waals surface area contributed by atoms with Crippen molar-refractivity contribution in [2.24, 2.45) is 0 Å². The van der Waals surface area contributed by atoms with Crippen LogP contribution in [0.15, 0.2) is 0 Å². The van der Waals surface area contributed by atoms with Gasteiger partial charge >= 0.3 is 5.97 Å². The number of methoxy groups -OCH3 is 1. The molecule has 0 bridgehead atoms. The van der Waals surface area contributed by atoms with Crippen LogP contribution in [-0.2, 0) is 14.3 Å². The topological polar surface area (TPSA) is 46.6 Å². The Kier molecular flexibility index (Phi) is 4.10. The highest BCUT2D eigenvalue weighted by Gasteiger charge is 2.39. The summed E-state index contributed by atoms with van der Waals surface area (Å²) in [7, 11) is 1.31. The summed E-state index contributed by atoms with van der Waals surface area (Å²) in [6.07, 6.45) is 0.0867. The first kappa shape index (κ1) is 12.4. The van der Waals surface area contributed by atoms with Gasteiger partial charge in [-0.05, 0) is 13.8 Å². The maximum absolute atomic E-state index is 11.8. The Morgan fingerprint density at radius 2 is 2.27 bits per heavy atom. The van der Waals surface area contributed by atoms with Gasteiger partial charge in [0.2, 0.25) is 5.91 Å². The van der Waals surface area contributed by atoms with E-state index >= 15 is 0 Å². The maximum atomic E-state index is 11.8. The lowest BCUT2D eigenvalue weighted by Gasteiger charge is -2.19. The maximum Gasteiger partial charge on any atom is 0.307 e. The van der Waals surface area contributed by atoms with Crippen LogP contribution in [0, 0.1) is 0 Å². The first-order valence-electron chi connectivity index (χ1n) is 4.58. The third-order valence-corrected chi connectivity index (χ3v) is 3.59. The van der Waals surface area contributed by atoms with Gasteiger partial charge in [-0.25, -0.2) is 0 Å². The second kappa shape index (κ2) is 4.94. The Morgan fingerprint density at radius 1 is 1.67 bits per heavy atom. The fraction of sp³-hybridized carbons (Fsp3) is 0.667. The number of hydrogen-bond acceptors (Lipinski definition) is 5. The molecule has 1 heterocycles. The molecular weight excluding hydrogens is 234 g/mol. The predicted octanol–water partition coefficient (Wildman–Crippen LogP) is 1.19. The van der Waals surface area contributed by atoms with E-state index in [-0.39, 0.29) is 24.3 Å². The molecule has 1 fully saturated rings. The van der Waals surface area contributed by atoms with Crippen molar-refractivity contribution in [2.75, 3.05) is 7.11 Å². The van der Waals surface area contributed by atoms with Gasteiger partial charge in [0.15, 0.2) is 0 Å². The van der Waals surface area contributed by atoms with E-state index in [0.717, 1.165) is 0 Å². The summed E-state index contributed by atoms with van der Waals surface area (Å²) in [6.45, 7) is 3.79. The Balaban J connectivity index is 2.69. The molecule has 0 N–H and O–H groups in total. The highest BCUT2D eigenvalue weighted by molar-refractivity contribution is 8.24. The molecule has 1 aliphatic heterocycles. The Hall–Kier alpha value is -0.620. The number of rotatable bonds is 3. The van der Waals surface area contributed by atoms with Crippen molar-refractivity contribution in [3.05, 3.63) is 0 Å². The number of thioether (sulfide) groups is 1. The van der Waals surface area contributed by atoms with Crippen LogP contribution in [0.1, 0.15) is 20.3 Å². The number of carbonyl (C=O) groups excluding carboxylic acids is 2. The molecule has 0 aromatic rings. The Labute approximate surface area is 98.3 Å². The zero-order valence-corrected chi connectivity index (χ0v) is 10.5. The minimum absolute atomic E-state index is 0.0418. The van der Waals surface area contributed by atoms with Gasteiger partial charge in [-0.2, -0.15) is 0 Å². The average Bonchev–Trinajstić information content (AvgIpc) is 2.41. The van der Waals surface area contributed by atoms with Crippen molar-refractivity contribution >= 4 is 40.2 Å². The highest BCUT2D eigenvalue weighted by atomic mass is 32.2. The lowest BCUT2D eigenvalue weighted by molar-refractivity contribution is -0.142. The van der Waals surface area contributed by atoms with Crippen molar-refractivity contribution < 1.29 is 14.3 Å². The molecule has 0 spiro atoms. The molecule has 15 heavy (non-hydrogen) atoms. The van der Waals surface area contributed by atoms with Crippen molar-refractivity contribution in [1.82, 2.24) is 4.90 Å². The molecule has 1 aliphatic rings. The molecule has 1 atom stereocenters. The van der Waals surface area contributed by atoms with Crippen LogP contribution in [0.4, 0.5) is 0 Å². The minimum Gasteiger partial charge on any atom is -0.469 e. The molecule has 6 heteroatoms. The smallest absolute Gasteiger partial charge is 0.307 e. The summed E-state index contributed by atoms with van der Waals surface area (Å²) >= 11 is 6.34. The molecule has 0 saturated carbocycles. The first-order valence-corrected chi connectivity index (χ1v) is 5.86. The third-order valence-electron chi connectivity index (χ3n) is 2.05. The number of thiocarbonyl (C=S) groups is 1. The summed E-state index contributed by atoms with van der Waals surface area (Å²) in [6, 6.07) is 0.0418. The van der Waals surface area contributed by atoms with Gasteiger partial charge in [0.05, 0.1) is 13.5 Å². The summed E-state index contributed by atoms with van der Waals surface area (Å²) in [5.74, 6) is -0.473. The minimum atomic E-state index is -0.410. The molecule has 84 valence electrons. The molecule has 1 saturated heterocycles. The second-order valence-electron chi connectivity index (χ2n) is 3.45. The van der Waals surface area contributed by atoms with Crippen molar-refractivity contribution in [3.63, 3.8) is 0 Å². The van der Waals surface area contributed by atoms with Crippen LogP contribution in [0.5, 0.6) is 0 Å². The number of hydrogen-bond donors (Lipinski definition) is 0. The van der Waals surface area contributed by atoms with Crippen molar-refractivity contribution in [3.8, 4) is 0 Å². The van der Waals surface area contributed by atoms with E-state index in [4.69, 9.17) is 12.2 Å². The molecule has 0 aromatic heterocycles. The standard InChI is InChI=1S/C9H13NO3S2/c1-5(2)10-8(12)6(15-9(10)14)4-7(11)13-3/h5-6H,4H2,1-3H3/t6-/m1/s1. The zero-order valence-electron chi connectivity index (χ0n) is 8.85. The lowest BCUT2D eigenvalue weighted by Crippen LogP contribution is -2.37. The zero-order chi connectivity index (χ0) is 11.6. The number of nitrogens with zero attached hydrogens (tertiary/aromatic N) is 1. The average molecular weight is 247 g/mol. The van der Waals surface area contributed by atoms with Gasteiger partial charge in [-0.15, -0.1) is 0 Å². The van der Waals surface area contributed by atoms with Crippen LogP contribution in [-0.4, -0.2) is 39.5 Å². The summed E-state index contributed by atoms with van der Waals surface area (Å²) in [5, 5.41) is -0.410. The number of amides is 1. The van der Waals surface area contributed by atoms with E-state index in [0.29, 0.717) is 4.32 Å². The number of ether oxygens (including phenoxy) is 1. The van der Waals surface area contributed by atoms with Gasteiger partial charge in [-0.3, -0.25) is 14.5 Å². The molecule has 4 nitrogen and oxygen atoms in total. The van der Waals surface area contributed by atoms with E-state index in [1.165, 1.54) is 18.9 Å². The van der Waals surface area contributed by atoms with E-state index in [2.05, 4.69) is 4.74 Å². The summed E-state index contributed by atoms with van der Waals surface area (Å²) in [5.41, 5.74) is 0. The van der Waals surface area contributed by atoms with E-state index in [1.807, 2.05) is 13.8 Å². The van der Waals surface area contributed by atoms with Gasteiger partial charge in [-0.1, -0.05) is 24.0 Å². The molecule has 0 aliphatic carbocycles. The van der Waals surface area contributed by atoms with Crippen LogP contribution in [0.25, 0.3) is 0 Å². The monoisotopic (exact) mass is 247 g/mol. The molecular formula is C9H13NO3S2. The number of carbonyl (C=O) groups is 2. The van der Waals surface area contributed by atoms with E-state index in [1.54, 1.807) is 4.90 Å². The van der Waals surface area contributed by atoms with Crippen LogP contribution in [0.2, 0.25) is 0 Å². The summed E-state index contributed by atoms with van der Waals surface area (Å²) in [4.78, 5) is 24.4. The van der Waals surface area contributed by atoms with Crippen molar-refractivity contribution in [2.45, 2.75) is 31.6 Å². The van der Waals surface area contributed by atoms with E-state index < -0.39 is 5.25 Å². The molecule has 0 unspecified atom stereocenters. The molecule has 0 radical (unpaired) electrons. The van der Waals surface area contributed by atoms with Gasteiger partial charge in [0, 0.05) is 6.04 Å². The van der Waals surface area contributed by atoms with Gasteiger partial charge < -0.3 is 4.74 Å². The fourth-order valence-corrected chi connectivity index (χ4v) is 3.04. The normalized spacial score (nSPS) is 21.3. The molecule has 1 amide bonds. The first-order chi connectivity index (χ1) is 6.97. The molecule has 1 rings (SSSR count). The van der Waals surface area contributed by atoms with Crippen molar-refractivity contribution in [1.29, 1.82) is 0 Å². The van der Waals surface area contributed by atoms with Crippen LogP contribution >= 0.6 is 24.0 Å². The van der Waals surface area contributed by atoms with Gasteiger partial charge in [0.1, 0.15) is 9.57 Å². The highest BCUT2D eigenvalue weighted by Crippen LogP contribution is 2.31. The second-order valence-corrected chi connectivity index (χ2v) is 5.29. The molecule has 0 aromatic carbocycles. The lowest BCUT2D eigenvalue weighted by atomic mass is 10.2. The predicted molar refractivity (Wildman–Crippen MR) is 62.6 cm³/mol. The SMILES string of the molecule is COC(=O)C[C@H]1SC(=S)N(C(C)C)C1=O. The largest absolute Gasteiger partial charge is 0.469 e. The van der Waals surface area contributed by atoms with Crippen LogP contribution < -0.4 is 0 Å². The Morgan fingerprint density at radius 3 is 2.67 bits per heavy atom. The number of esters is 1.